The molecule has 1 heterocycles. The summed E-state index contributed by atoms with van der Waals surface area (Å²) in [5, 5.41) is 0. The Bertz CT molecular complexity index is 189. The maximum atomic E-state index is 5.95. The molecule has 0 aromatic carbocycles. The van der Waals surface area contributed by atoms with E-state index < -0.39 is 0 Å². The molecular formula is C12H26N2. The first-order valence-electron chi connectivity index (χ1n) is 5.94. The van der Waals surface area contributed by atoms with Gasteiger partial charge in [-0.25, -0.2) is 0 Å². The summed E-state index contributed by atoms with van der Waals surface area (Å²) in [7, 11) is 0. The highest BCUT2D eigenvalue weighted by Crippen LogP contribution is 2.36. The van der Waals surface area contributed by atoms with Gasteiger partial charge >= 0.3 is 0 Å². The summed E-state index contributed by atoms with van der Waals surface area (Å²) in [6.07, 6.45) is 5.08. The third-order valence-corrected chi connectivity index (χ3v) is 3.78. The SMILES string of the molecule is CCCC(C)(CN)N1CCCC1(C)C. The van der Waals surface area contributed by atoms with Gasteiger partial charge in [0.05, 0.1) is 0 Å². The van der Waals surface area contributed by atoms with Crippen molar-refractivity contribution in [1.29, 1.82) is 0 Å². The quantitative estimate of drug-likeness (QED) is 0.751. The topological polar surface area (TPSA) is 29.3 Å². The Morgan fingerprint density at radius 1 is 1.43 bits per heavy atom. The number of rotatable bonds is 4. The van der Waals surface area contributed by atoms with Gasteiger partial charge in [-0.2, -0.15) is 0 Å². The molecule has 84 valence electrons. The van der Waals surface area contributed by atoms with Gasteiger partial charge in [-0.1, -0.05) is 13.3 Å². The van der Waals surface area contributed by atoms with Crippen molar-refractivity contribution in [2.75, 3.05) is 13.1 Å². The molecule has 2 heteroatoms. The summed E-state index contributed by atoms with van der Waals surface area (Å²) in [5.74, 6) is 0. The van der Waals surface area contributed by atoms with Gasteiger partial charge in [0.1, 0.15) is 0 Å². The monoisotopic (exact) mass is 198 g/mol. The third-order valence-electron chi connectivity index (χ3n) is 3.78. The van der Waals surface area contributed by atoms with Crippen molar-refractivity contribution in [3.05, 3.63) is 0 Å². The van der Waals surface area contributed by atoms with Crippen molar-refractivity contribution in [1.82, 2.24) is 4.90 Å². The Hall–Kier alpha value is -0.0800. The molecule has 1 unspecified atom stereocenters. The second kappa shape index (κ2) is 4.19. The van der Waals surface area contributed by atoms with Gasteiger partial charge in [0.2, 0.25) is 0 Å². The Morgan fingerprint density at radius 2 is 2.07 bits per heavy atom. The predicted octanol–water partition coefficient (Wildman–Crippen LogP) is 2.38. The van der Waals surface area contributed by atoms with Crippen molar-refractivity contribution in [2.24, 2.45) is 5.73 Å². The van der Waals surface area contributed by atoms with Crippen LogP contribution in [0.4, 0.5) is 0 Å². The van der Waals surface area contributed by atoms with Crippen molar-refractivity contribution in [2.45, 2.75) is 64.5 Å². The lowest BCUT2D eigenvalue weighted by Gasteiger charge is -2.46. The van der Waals surface area contributed by atoms with Gasteiger partial charge in [-0.3, -0.25) is 4.90 Å². The van der Waals surface area contributed by atoms with Crippen LogP contribution in [-0.2, 0) is 0 Å². The van der Waals surface area contributed by atoms with E-state index in [1.807, 2.05) is 0 Å². The first kappa shape index (κ1) is 12.0. The molecule has 14 heavy (non-hydrogen) atoms. The maximum absolute atomic E-state index is 5.95. The van der Waals surface area contributed by atoms with Crippen LogP contribution in [0.2, 0.25) is 0 Å². The van der Waals surface area contributed by atoms with E-state index >= 15 is 0 Å². The van der Waals surface area contributed by atoms with Gasteiger partial charge in [0.25, 0.3) is 0 Å². The first-order valence-corrected chi connectivity index (χ1v) is 5.94. The van der Waals surface area contributed by atoms with Crippen molar-refractivity contribution in [3.8, 4) is 0 Å². The molecule has 0 radical (unpaired) electrons. The highest BCUT2D eigenvalue weighted by molar-refractivity contribution is 4.99. The van der Waals surface area contributed by atoms with E-state index in [0.29, 0.717) is 5.54 Å². The second-order valence-corrected chi connectivity index (χ2v) is 5.52. The van der Waals surface area contributed by atoms with Crippen molar-refractivity contribution >= 4 is 0 Å². The fourth-order valence-electron chi connectivity index (χ4n) is 2.99. The Morgan fingerprint density at radius 3 is 2.43 bits per heavy atom. The largest absolute Gasteiger partial charge is 0.329 e. The van der Waals surface area contributed by atoms with E-state index in [1.165, 1.54) is 32.2 Å². The molecular weight excluding hydrogens is 172 g/mol. The molecule has 0 saturated carbocycles. The molecule has 1 fully saturated rings. The Balaban J connectivity index is 2.78. The zero-order chi connectivity index (χ0) is 10.8. The smallest absolute Gasteiger partial charge is 0.0308 e. The van der Waals surface area contributed by atoms with Gasteiger partial charge in [0, 0.05) is 17.6 Å². The second-order valence-electron chi connectivity index (χ2n) is 5.52. The van der Waals surface area contributed by atoms with Crippen LogP contribution in [0.3, 0.4) is 0 Å². The van der Waals surface area contributed by atoms with E-state index in [2.05, 4.69) is 32.6 Å². The zero-order valence-corrected chi connectivity index (χ0v) is 10.3. The van der Waals surface area contributed by atoms with E-state index in [0.717, 1.165) is 6.54 Å². The lowest BCUT2D eigenvalue weighted by Crippen LogP contribution is -2.57. The van der Waals surface area contributed by atoms with Crippen LogP contribution in [0.5, 0.6) is 0 Å². The summed E-state index contributed by atoms with van der Waals surface area (Å²) in [6.45, 7) is 11.3. The minimum absolute atomic E-state index is 0.217. The lowest BCUT2D eigenvalue weighted by atomic mass is 9.89. The predicted molar refractivity (Wildman–Crippen MR) is 62.4 cm³/mol. The molecule has 1 rings (SSSR count). The number of hydrogen-bond donors (Lipinski definition) is 1. The molecule has 0 aromatic heterocycles. The van der Waals surface area contributed by atoms with Crippen LogP contribution in [0, 0.1) is 0 Å². The Kier molecular flexibility index (Phi) is 3.59. The molecule has 0 aromatic rings. The minimum atomic E-state index is 0.217. The Labute approximate surface area is 88.8 Å². The van der Waals surface area contributed by atoms with Crippen LogP contribution < -0.4 is 5.73 Å². The van der Waals surface area contributed by atoms with Crippen LogP contribution in [0.15, 0.2) is 0 Å². The molecule has 1 atom stereocenters. The van der Waals surface area contributed by atoms with E-state index in [1.54, 1.807) is 0 Å². The standard InChI is InChI=1S/C12H26N2/c1-5-7-12(4,10-13)14-9-6-8-11(14,2)3/h5-10,13H2,1-4H3. The average Bonchev–Trinajstić information content (AvgIpc) is 2.46. The lowest BCUT2D eigenvalue weighted by molar-refractivity contribution is 0.0409. The molecule has 2 N–H and O–H groups in total. The van der Waals surface area contributed by atoms with Crippen LogP contribution in [0.25, 0.3) is 0 Å². The summed E-state index contributed by atoms with van der Waals surface area (Å²) in [5.41, 5.74) is 6.52. The molecule has 2 nitrogen and oxygen atoms in total. The molecule has 1 aliphatic rings. The molecule has 0 amide bonds. The molecule has 0 spiro atoms. The van der Waals surface area contributed by atoms with E-state index in [9.17, 15) is 0 Å². The minimum Gasteiger partial charge on any atom is -0.329 e. The molecule has 1 aliphatic heterocycles. The van der Waals surface area contributed by atoms with Crippen LogP contribution in [0.1, 0.15) is 53.4 Å². The summed E-state index contributed by atoms with van der Waals surface area (Å²) >= 11 is 0. The number of hydrogen-bond acceptors (Lipinski definition) is 2. The fraction of sp³-hybridized carbons (Fsp3) is 1.00. The normalized spacial score (nSPS) is 26.4. The highest BCUT2D eigenvalue weighted by atomic mass is 15.3. The summed E-state index contributed by atoms with van der Waals surface area (Å²) in [6, 6.07) is 0. The first-order chi connectivity index (χ1) is 6.46. The van der Waals surface area contributed by atoms with Crippen molar-refractivity contribution < 1.29 is 0 Å². The van der Waals surface area contributed by atoms with Crippen molar-refractivity contribution in [3.63, 3.8) is 0 Å². The van der Waals surface area contributed by atoms with Gasteiger partial charge in [0.15, 0.2) is 0 Å². The third kappa shape index (κ3) is 2.12. The van der Waals surface area contributed by atoms with Crippen LogP contribution >= 0.6 is 0 Å². The summed E-state index contributed by atoms with van der Waals surface area (Å²) in [4.78, 5) is 2.63. The van der Waals surface area contributed by atoms with Crippen LogP contribution in [-0.4, -0.2) is 29.1 Å². The average molecular weight is 198 g/mol. The molecule has 0 bridgehead atoms. The molecule has 0 aliphatic carbocycles. The highest BCUT2D eigenvalue weighted by Gasteiger charge is 2.42. The maximum Gasteiger partial charge on any atom is 0.0308 e. The van der Waals surface area contributed by atoms with Gasteiger partial charge < -0.3 is 5.73 Å². The van der Waals surface area contributed by atoms with E-state index in [-0.39, 0.29) is 5.54 Å². The number of nitrogens with zero attached hydrogens (tertiary/aromatic N) is 1. The molecule has 1 saturated heterocycles. The zero-order valence-electron chi connectivity index (χ0n) is 10.3. The fourth-order valence-corrected chi connectivity index (χ4v) is 2.99. The summed E-state index contributed by atoms with van der Waals surface area (Å²) < 4.78 is 0. The van der Waals surface area contributed by atoms with Gasteiger partial charge in [-0.15, -0.1) is 0 Å². The van der Waals surface area contributed by atoms with Gasteiger partial charge in [-0.05, 0) is 46.6 Å². The van der Waals surface area contributed by atoms with E-state index in [4.69, 9.17) is 5.73 Å². The number of likely N-dealkylation sites (tertiary alicyclic amines) is 1. The number of nitrogens with two attached hydrogens (primary N) is 1.